The summed E-state index contributed by atoms with van der Waals surface area (Å²) in [5.41, 5.74) is -2.52. The summed E-state index contributed by atoms with van der Waals surface area (Å²) < 4.78 is 64.6. The summed E-state index contributed by atoms with van der Waals surface area (Å²) in [6, 6.07) is 8.80. The van der Waals surface area contributed by atoms with Crippen molar-refractivity contribution in [2.24, 2.45) is 5.92 Å². The number of anilines is 6. The Morgan fingerprint density at radius 2 is 1.39 bits per heavy atom. The van der Waals surface area contributed by atoms with Crippen LogP contribution < -0.4 is 20.9 Å². The number of hydrogen-bond donors (Lipinski definition) is 3. The number of halogens is 4. The van der Waals surface area contributed by atoms with Crippen molar-refractivity contribution >= 4 is 52.7 Å². The third kappa shape index (κ3) is 9.52. The molecule has 0 unspecified atom stereocenters. The first-order chi connectivity index (χ1) is 21.3. The van der Waals surface area contributed by atoms with E-state index in [1.165, 1.54) is 12.1 Å². The average molecular weight is 647 g/mol. The van der Waals surface area contributed by atoms with Gasteiger partial charge in [0.05, 0.1) is 16.9 Å². The lowest BCUT2D eigenvalue weighted by molar-refractivity contribution is -0.137. The van der Waals surface area contributed by atoms with Crippen molar-refractivity contribution in [1.29, 1.82) is 0 Å². The van der Waals surface area contributed by atoms with E-state index in [0.29, 0.717) is 4.90 Å². The molecule has 3 aromatic rings. The van der Waals surface area contributed by atoms with Crippen LogP contribution in [0.5, 0.6) is 0 Å². The number of nitrogens with zero attached hydrogens (tertiary/aromatic N) is 3. The largest absolute Gasteiger partial charge is 0.443 e. The number of amides is 3. The second-order valence-electron chi connectivity index (χ2n) is 12.5. The molecule has 1 aromatic heterocycles. The number of ether oxygens (including phenoxy) is 2. The van der Waals surface area contributed by atoms with Crippen molar-refractivity contribution in [1.82, 2.24) is 9.97 Å². The van der Waals surface area contributed by atoms with Gasteiger partial charge < -0.3 is 25.4 Å². The van der Waals surface area contributed by atoms with Crippen LogP contribution in [-0.2, 0) is 20.4 Å². The van der Waals surface area contributed by atoms with Crippen LogP contribution in [-0.4, -0.2) is 39.3 Å². The van der Waals surface area contributed by atoms with E-state index in [-0.39, 0.29) is 46.5 Å². The molecule has 1 heterocycles. The van der Waals surface area contributed by atoms with Crippen LogP contribution in [0.2, 0.25) is 0 Å². The van der Waals surface area contributed by atoms with Gasteiger partial charge in [0.1, 0.15) is 22.8 Å². The van der Waals surface area contributed by atoms with Crippen LogP contribution in [0.4, 0.5) is 61.8 Å². The topological polar surface area (TPSA) is 135 Å². The highest BCUT2D eigenvalue weighted by Gasteiger charge is 2.35. The minimum atomic E-state index is -4.56. The SMILES string of the molecule is CC(C)(C)OC(=O)N(C(=O)OC(C)(C)C)c1cc(Nc2ccc(C(F)(F)F)cc2)nc(Nc2cc(F)ccc2NC(=O)C2CC2)n1. The molecule has 46 heavy (non-hydrogen) atoms. The third-order valence-corrected chi connectivity index (χ3v) is 6.01. The first-order valence-corrected chi connectivity index (χ1v) is 14.2. The van der Waals surface area contributed by atoms with Gasteiger partial charge in [0, 0.05) is 17.7 Å². The van der Waals surface area contributed by atoms with E-state index in [2.05, 4.69) is 25.9 Å². The minimum absolute atomic E-state index is 0.0488. The summed E-state index contributed by atoms with van der Waals surface area (Å²) in [4.78, 5) is 48.3. The van der Waals surface area contributed by atoms with Crippen LogP contribution >= 0.6 is 0 Å². The summed E-state index contributed by atoms with van der Waals surface area (Å²) in [7, 11) is 0. The summed E-state index contributed by atoms with van der Waals surface area (Å²) in [6.07, 6.45) is -5.39. The molecular weight excluding hydrogens is 612 g/mol. The molecule has 0 saturated heterocycles. The fourth-order valence-electron chi connectivity index (χ4n) is 3.87. The van der Waals surface area contributed by atoms with Crippen LogP contribution in [0.1, 0.15) is 59.9 Å². The van der Waals surface area contributed by atoms with Gasteiger partial charge in [-0.25, -0.2) is 14.0 Å². The zero-order valence-corrected chi connectivity index (χ0v) is 26.0. The molecule has 1 fully saturated rings. The van der Waals surface area contributed by atoms with E-state index in [4.69, 9.17) is 9.47 Å². The molecule has 0 bridgehead atoms. The molecule has 2 aromatic carbocycles. The summed E-state index contributed by atoms with van der Waals surface area (Å²) in [6.45, 7) is 9.52. The smallest absolute Gasteiger partial charge is 0.425 e. The second-order valence-corrected chi connectivity index (χ2v) is 12.5. The molecule has 3 N–H and O–H groups in total. The van der Waals surface area contributed by atoms with E-state index in [1.807, 2.05) is 0 Å². The highest BCUT2D eigenvalue weighted by Crippen LogP contribution is 2.34. The van der Waals surface area contributed by atoms with Crippen molar-refractivity contribution in [3.8, 4) is 0 Å². The molecule has 0 aliphatic heterocycles. The maximum absolute atomic E-state index is 14.4. The van der Waals surface area contributed by atoms with Gasteiger partial charge >= 0.3 is 18.4 Å². The average Bonchev–Trinajstić information content (AvgIpc) is 3.74. The number of alkyl halides is 3. The Labute approximate surface area is 262 Å². The Bertz CT molecular complexity index is 1590. The van der Waals surface area contributed by atoms with Crippen molar-refractivity contribution in [3.05, 3.63) is 59.9 Å². The predicted molar refractivity (Wildman–Crippen MR) is 163 cm³/mol. The number of nitrogens with one attached hydrogen (secondary N) is 3. The standard InChI is InChI=1S/C31H34F4N6O5/c1-29(2,3)45-27(43)41(28(44)46-30(4,5)6)24-16-23(36-20-12-9-18(10-13-20)31(33,34)35)39-26(40-24)38-22-15-19(32)11-14-21(22)37-25(42)17-7-8-17/h9-17H,7-8H2,1-6H3,(H,37,42)(H2,36,38,39,40). The Morgan fingerprint density at radius 1 is 0.804 bits per heavy atom. The molecule has 4 rings (SSSR count). The Morgan fingerprint density at radius 3 is 1.91 bits per heavy atom. The normalized spacial score (nSPS) is 13.4. The molecule has 0 spiro atoms. The van der Waals surface area contributed by atoms with Crippen LogP contribution in [0.15, 0.2) is 48.5 Å². The molecule has 11 nitrogen and oxygen atoms in total. The Kier molecular flexibility index (Phi) is 9.45. The lowest BCUT2D eigenvalue weighted by Crippen LogP contribution is -2.44. The van der Waals surface area contributed by atoms with Gasteiger partial charge in [-0.2, -0.15) is 28.0 Å². The molecule has 15 heteroatoms. The number of carbonyl (C=O) groups excluding carboxylic acids is 3. The van der Waals surface area contributed by atoms with Crippen molar-refractivity contribution in [2.75, 3.05) is 20.9 Å². The fourth-order valence-corrected chi connectivity index (χ4v) is 3.87. The number of rotatable bonds is 7. The van der Waals surface area contributed by atoms with Crippen molar-refractivity contribution < 1.29 is 41.4 Å². The zero-order valence-electron chi connectivity index (χ0n) is 26.0. The first kappa shape index (κ1) is 33.9. The molecule has 0 atom stereocenters. The fraction of sp³-hybridized carbons (Fsp3) is 0.387. The maximum atomic E-state index is 14.4. The number of benzene rings is 2. The van der Waals surface area contributed by atoms with Crippen LogP contribution in [0, 0.1) is 11.7 Å². The quantitative estimate of drug-likeness (QED) is 0.217. The van der Waals surface area contributed by atoms with Gasteiger partial charge in [-0.05, 0) is 96.8 Å². The third-order valence-electron chi connectivity index (χ3n) is 6.01. The molecule has 1 aliphatic carbocycles. The minimum Gasteiger partial charge on any atom is -0.443 e. The van der Waals surface area contributed by atoms with Gasteiger partial charge in [-0.1, -0.05) is 0 Å². The number of aromatic nitrogens is 2. The lowest BCUT2D eigenvalue weighted by atomic mass is 10.2. The maximum Gasteiger partial charge on any atom is 0.425 e. The Balaban J connectivity index is 1.80. The number of carbonyl (C=O) groups is 3. The van der Waals surface area contributed by atoms with E-state index < -0.39 is 40.9 Å². The van der Waals surface area contributed by atoms with Crippen molar-refractivity contribution in [2.45, 2.75) is 71.8 Å². The molecule has 1 saturated carbocycles. The molecular formula is C31H34F4N6O5. The number of hydrogen-bond acceptors (Lipinski definition) is 9. The van der Waals surface area contributed by atoms with Crippen LogP contribution in [0.25, 0.3) is 0 Å². The predicted octanol–water partition coefficient (Wildman–Crippen LogP) is 8.15. The van der Waals surface area contributed by atoms with E-state index in [9.17, 15) is 31.9 Å². The summed E-state index contributed by atoms with van der Waals surface area (Å²) in [5.74, 6) is -1.78. The second kappa shape index (κ2) is 12.8. The van der Waals surface area contributed by atoms with E-state index >= 15 is 0 Å². The molecule has 0 radical (unpaired) electrons. The summed E-state index contributed by atoms with van der Waals surface area (Å²) >= 11 is 0. The number of imide groups is 1. The highest BCUT2D eigenvalue weighted by atomic mass is 19.4. The van der Waals surface area contributed by atoms with E-state index in [1.54, 1.807) is 41.5 Å². The van der Waals surface area contributed by atoms with Gasteiger partial charge in [0.2, 0.25) is 11.9 Å². The zero-order chi connectivity index (χ0) is 34.0. The molecule has 1 aliphatic rings. The monoisotopic (exact) mass is 646 g/mol. The Hall–Kier alpha value is -4.95. The van der Waals surface area contributed by atoms with E-state index in [0.717, 1.165) is 49.2 Å². The highest BCUT2D eigenvalue weighted by molar-refractivity contribution is 6.09. The van der Waals surface area contributed by atoms with Crippen molar-refractivity contribution in [3.63, 3.8) is 0 Å². The first-order valence-electron chi connectivity index (χ1n) is 14.2. The molecule has 3 amide bonds. The van der Waals surface area contributed by atoms with Gasteiger partial charge in [0.25, 0.3) is 0 Å². The lowest BCUT2D eigenvalue weighted by Gasteiger charge is -2.28. The van der Waals surface area contributed by atoms with Gasteiger partial charge in [0.15, 0.2) is 5.82 Å². The van der Waals surface area contributed by atoms with Crippen LogP contribution in [0.3, 0.4) is 0 Å². The van der Waals surface area contributed by atoms with Gasteiger partial charge in [-0.15, -0.1) is 0 Å². The summed E-state index contributed by atoms with van der Waals surface area (Å²) in [5, 5.41) is 8.36. The molecule has 246 valence electrons. The van der Waals surface area contributed by atoms with Gasteiger partial charge in [-0.3, -0.25) is 4.79 Å².